The smallest absolute Gasteiger partial charge is 0.296 e. The lowest BCUT2D eigenvalue weighted by atomic mass is 9.67. The van der Waals surface area contributed by atoms with E-state index in [-0.39, 0.29) is 27.6 Å². The SMILES string of the molecule is O=CC(F)(F)c1ccc(CC(Cc2ccc(C(F)(F)C=O)c(Br)c2)(C(=O)c2ccccc2)c2ccccc2)cc1Br. The van der Waals surface area contributed by atoms with Crippen LogP contribution in [0.2, 0.25) is 0 Å². The Labute approximate surface area is 250 Å². The highest BCUT2D eigenvalue weighted by atomic mass is 79.9. The molecule has 3 nitrogen and oxygen atoms in total. The van der Waals surface area contributed by atoms with E-state index in [9.17, 15) is 31.9 Å². The fraction of sp³-hybridized carbons (Fsp3) is 0.156. The minimum atomic E-state index is -3.70. The highest BCUT2D eigenvalue weighted by molar-refractivity contribution is 9.10. The Balaban J connectivity index is 1.91. The third-order valence-electron chi connectivity index (χ3n) is 6.89. The van der Waals surface area contributed by atoms with Crippen molar-refractivity contribution in [1.29, 1.82) is 0 Å². The molecule has 0 aromatic heterocycles. The molecule has 4 aromatic rings. The quantitative estimate of drug-likeness (QED) is 0.0903. The van der Waals surface area contributed by atoms with Crippen molar-refractivity contribution in [2.24, 2.45) is 0 Å². The summed E-state index contributed by atoms with van der Waals surface area (Å²) in [5.41, 5.74) is -0.228. The van der Waals surface area contributed by atoms with Crippen molar-refractivity contribution in [1.82, 2.24) is 0 Å². The van der Waals surface area contributed by atoms with Crippen LogP contribution in [-0.4, -0.2) is 18.4 Å². The van der Waals surface area contributed by atoms with E-state index in [4.69, 9.17) is 0 Å². The van der Waals surface area contributed by atoms with Crippen molar-refractivity contribution < 1.29 is 31.9 Å². The first-order valence-corrected chi connectivity index (χ1v) is 13.9. The zero-order valence-electron chi connectivity index (χ0n) is 21.3. The molecule has 0 saturated carbocycles. The molecule has 9 heteroatoms. The number of ketones is 1. The molecular formula is C32H22Br2F4O3. The van der Waals surface area contributed by atoms with Gasteiger partial charge in [0.05, 0.1) is 5.41 Å². The van der Waals surface area contributed by atoms with Gasteiger partial charge in [-0.05, 0) is 41.7 Å². The van der Waals surface area contributed by atoms with E-state index in [0.29, 0.717) is 22.3 Å². The number of alkyl halides is 4. The van der Waals surface area contributed by atoms with Crippen LogP contribution in [-0.2, 0) is 39.7 Å². The summed E-state index contributed by atoms with van der Waals surface area (Å²) in [7, 11) is 0. The van der Waals surface area contributed by atoms with Gasteiger partial charge in [0.2, 0.25) is 0 Å². The second-order valence-corrected chi connectivity index (χ2v) is 11.3. The second-order valence-electron chi connectivity index (χ2n) is 9.61. The predicted octanol–water partition coefficient (Wildman–Crippen LogP) is 8.40. The number of aldehydes is 2. The maximum absolute atomic E-state index is 14.4. The predicted molar refractivity (Wildman–Crippen MR) is 155 cm³/mol. The van der Waals surface area contributed by atoms with Crippen molar-refractivity contribution in [3.63, 3.8) is 0 Å². The van der Waals surface area contributed by atoms with E-state index in [0.717, 1.165) is 12.1 Å². The first-order valence-electron chi connectivity index (χ1n) is 12.3. The van der Waals surface area contributed by atoms with Crippen LogP contribution in [0.1, 0.15) is 38.2 Å². The van der Waals surface area contributed by atoms with Crippen LogP contribution in [0.3, 0.4) is 0 Å². The van der Waals surface area contributed by atoms with Crippen LogP contribution in [0, 0.1) is 0 Å². The Morgan fingerprint density at radius 1 is 0.634 bits per heavy atom. The monoisotopic (exact) mass is 688 g/mol. The van der Waals surface area contributed by atoms with Gasteiger partial charge in [0.25, 0.3) is 0 Å². The number of benzene rings is 4. The summed E-state index contributed by atoms with van der Waals surface area (Å²) in [5.74, 6) is -7.67. The zero-order chi connectivity index (χ0) is 29.8. The van der Waals surface area contributed by atoms with Crippen molar-refractivity contribution in [2.75, 3.05) is 0 Å². The van der Waals surface area contributed by atoms with Gasteiger partial charge in [0.15, 0.2) is 18.4 Å². The van der Waals surface area contributed by atoms with Crippen molar-refractivity contribution >= 4 is 50.2 Å². The van der Waals surface area contributed by atoms with Gasteiger partial charge in [-0.15, -0.1) is 0 Å². The first-order chi connectivity index (χ1) is 19.4. The van der Waals surface area contributed by atoms with Gasteiger partial charge in [0.1, 0.15) is 0 Å². The van der Waals surface area contributed by atoms with E-state index < -0.39 is 41.0 Å². The van der Waals surface area contributed by atoms with E-state index >= 15 is 0 Å². The normalized spacial score (nSPS) is 12.1. The summed E-state index contributed by atoms with van der Waals surface area (Å²) in [6, 6.07) is 25.6. The molecule has 0 spiro atoms. The Kier molecular flexibility index (Phi) is 9.09. The van der Waals surface area contributed by atoms with Gasteiger partial charge in [-0.3, -0.25) is 14.4 Å². The number of carbonyl (C=O) groups excluding carboxylic acids is 3. The molecule has 0 radical (unpaired) electrons. The molecule has 0 fully saturated rings. The molecule has 0 saturated heterocycles. The molecule has 0 bridgehead atoms. The summed E-state index contributed by atoms with van der Waals surface area (Å²) in [6.07, 6.45) is -0.758. The summed E-state index contributed by atoms with van der Waals surface area (Å²) in [6.45, 7) is 0. The van der Waals surface area contributed by atoms with Crippen LogP contribution in [0.25, 0.3) is 0 Å². The highest BCUT2D eigenvalue weighted by Gasteiger charge is 2.42. The van der Waals surface area contributed by atoms with E-state index in [1.807, 2.05) is 0 Å². The molecule has 0 aliphatic carbocycles. The molecule has 0 heterocycles. The summed E-state index contributed by atoms with van der Waals surface area (Å²) >= 11 is 6.30. The Bertz CT molecular complexity index is 1500. The largest absolute Gasteiger partial charge is 0.328 e. The minimum absolute atomic E-state index is 0.00409. The maximum atomic E-state index is 14.4. The summed E-state index contributed by atoms with van der Waals surface area (Å²) in [4.78, 5) is 36.4. The van der Waals surface area contributed by atoms with Crippen LogP contribution in [0.15, 0.2) is 106 Å². The lowest BCUT2D eigenvalue weighted by molar-refractivity contribution is -0.130. The number of carbonyl (C=O) groups is 3. The van der Waals surface area contributed by atoms with E-state index in [2.05, 4.69) is 31.9 Å². The molecule has 0 aliphatic rings. The summed E-state index contributed by atoms with van der Waals surface area (Å²) in [5, 5.41) is 0. The van der Waals surface area contributed by atoms with Crippen LogP contribution in [0.4, 0.5) is 17.6 Å². The zero-order valence-corrected chi connectivity index (χ0v) is 24.5. The fourth-order valence-corrected chi connectivity index (χ4v) is 6.26. The van der Waals surface area contributed by atoms with Crippen molar-refractivity contribution in [2.45, 2.75) is 30.1 Å². The molecular weight excluding hydrogens is 668 g/mol. The van der Waals surface area contributed by atoms with Gasteiger partial charge in [-0.1, -0.05) is 117 Å². The topological polar surface area (TPSA) is 51.2 Å². The molecule has 41 heavy (non-hydrogen) atoms. The van der Waals surface area contributed by atoms with Crippen LogP contribution in [0.5, 0.6) is 0 Å². The fourth-order valence-electron chi connectivity index (χ4n) is 4.88. The number of Topliss-reactive ketones (excluding diaryl/α,β-unsaturated/α-hetero) is 1. The maximum Gasteiger partial charge on any atom is 0.328 e. The number of halogens is 6. The van der Waals surface area contributed by atoms with Gasteiger partial charge < -0.3 is 0 Å². The van der Waals surface area contributed by atoms with Crippen molar-refractivity contribution in [3.8, 4) is 0 Å². The molecule has 0 atom stereocenters. The molecule has 0 unspecified atom stereocenters. The van der Waals surface area contributed by atoms with Crippen LogP contribution < -0.4 is 0 Å². The average Bonchev–Trinajstić information content (AvgIpc) is 2.97. The molecule has 4 aromatic carbocycles. The van der Waals surface area contributed by atoms with Gasteiger partial charge in [0, 0.05) is 25.6 Å². The Hall–Kier alpha value is -3.43. The number of rotatable bonds is 11. The number of hydrogen-bond acceptors (Lipinski definition) is 3. The minimum Gasteiger partial charge on any atom is -0.296 e. The van der Waals surface area contributed by atoms with Gasteiger partial charge in [-0.25, -0.2) is 0 Å². The second kappa shape index (κ2) is 12.2. The molecule has 4 rings (SSSR count). The van der Waals surface area contributed by atoms with Gasteiger partial charge in [-0.2, -0.15) is 17.6 Å². The summed E-state index contributed by atoms with van der Waals surface area (Å²) < 4.78 is 56.7. The van der Waals surface area contributed by atoms with E-state index in [1.54, 1.807) is 60.7 Å². The lowest BCUT2D eigenvalue weighted by Gasteiger charge is -2.34. The van der Waals surface area contributed by atoms with Crippen molar-refractivity contribution in [3.05, 3.63) is 139 Å². The number of hydrogen-bond donors (Lipinski definition) is 0. The molecule has 0 aliphatic heterocycles. The highest BCUT2D eigenvalue weighted by Crippen LogP contribution is 2.40. The van der Waals surface area contributed by atoms with Crippen LogP contribution >= 0.6 is 31.9 Å². The standard InChI is InChI=1S/C32H22Br2F4O3/c33-27-15-21(11-13-25(27)31(35,36)19-39)17-30(24-9-5-2-6-10-24,29(41)23-7-3-1-4-8-23)18-22-12-14-26(28(34)16-22)32(37,38)20-40/h1-16,19-20H,17-18H2. The Morgan fingerprint density at radius 2 is 1.05 bits per heavy atom. The third kappa shape index (κ3) is 6.41. The first kappa shape index (κ1) is 30.5. The van der Waals surface area contributed by atoms with E-state index in [1.165, 1.54) is 24.3 Å². The molecule has 0 N–H and O–H groups in total. The molecule has 210 valence electrons. The average molecular weight is 690 g/mol. The lowest BCUT2D eigenvalue weighted by Crippen LogP contribution is -2.41. The van der Waals surface area contributed by atoms with Gasteiger partial charge >= 0.3 is 11.8 Å². The Morgan fingerprint density at radius 3 is 1.44 bits per heavy atom. The molecule has 0 amide bonds. The third-order valence-corrected chi connectivity index (χ3v) is 8.20.